The molecule has 0 N–H and O–H groups in total. The minimum atomic E-state index is 0.651. The van der Waals surface area contributed by atoms with Gasteiger partial charge in [0.25, 0.3) is 0 Å². The van der Waals surface area contributed by atoms with Gasteiger partial charge in [0, 0.05) is 53.0 Å². The second-order valence-corrected chi connectivity index (χ2v) is 15.4. The van der Waals surface area contributed by atoms with Crippen LogP contribution in [0.3, 0.4) is 0 Å². The van der Waals surface area contributed by atoms with Gasteiger partial charge in [-0.25, -0.2) is 15.0 Å². The van der Waals surface area contributed by atoms with Crippen LogP contribution in [0.15, 0.2) is 186 Å². The Morgan fingerprint density at radius 2 is 0.965 bits per heavy atom. The first kappa shape index (κ1) is 31.9. The molecule has 0 fully saturated rings. The largest absolute Gasteiger partial charge is 0.456 e. The molecule has 8 aromatic carbocycles. The Morgan fingerprint density at radius 3 is 1.65 bits per heavy atom. The average Bonchev–Trinajstić information content (AvgIpc) is 3.96. The van der Waals surface area contributed by atoms with Gasteiger partial charge in [0.15, 0.2) is 17.5 Å². The molecule has 0 amide bonds. The number of thiophene rings is 1. The third kappa shape index (κ3) is 5.04. The fraction of sp³-hybridized carbons (Fsp3) is 0. The minimum absolute atomic E-state index is 0.651. The lowest BCUT2D eigenvalue weighted by molar-refractivity contribution is 0.669. The quantitative estimate of drug-likeness (QED) is 0.176. The van der Waals surface area contributed by atoms with Gasteiger partial charge >= 0.3 is 0 Å². The number of hydrogen-bond acceptors (Lipinski definition) is 5. The second kappa shape index (κ2) is 12.6. The number of para-hydroxylation sites is 2. The molecule has 57 heavy (non-hydrogen) atoms. The van der Waals surface area contributed by atoms with Crippen LogP contribution in [0, 0.1) is 0 Å². The van der Waals surface area contributed by atoms with Gasteiger partial charge in [0.2, 0.25) is 0 Å². The first-order valence-electron chi connectivity index (χ1n) is 19.0. The molecule has 0 aliphatic heterocycles. The Balaban J connectivity index is 1.02. The topological polar surface area (TPSA) is 56.7 Å². The monoisotopic (exact) mass is 746 g/mol. The molecular weight excluding hydrogens is 717 g/mol. The van der Waals surface area contributed by atoms with Crippen molar-refractivity contribution in [3.63, 3.8) is 0 Å². The molecule has 0 saturated heterocycles. The van der Waals surface area contributed by atoms with E-state index in [9.17, 15) is 0 Å². The molecule has 0 saturated carbocycles. The van der Waals surface area contributed by atoms with Crippen LogP contribution in [0.25, 0.3) is 115 Å². The summed E-state index contributed by atoms with van der Waals surface area (Å²) in [6.45, 7) is 0. The van der Waals surface area contributed by atoms with E-state index >= 15 is 0 Å². The standard InChI is InChI=1S/C51H30N4OS/c1-3-13-31(14-4-1)49-52-50(32-15-5-2-6-16-32)54-51(53-49)34-26-28-45-39(29-34)38-27-25-33(30-46(38)57-45)35-19-11-23-43-47(35)48-42(22-12-24-44(48)56-43)55-40-20-9-7-17-36(40)37-18-8-10-21-41(37)55/h1-30H. The molecular formula is C51H30N4OS. The van der Waals surface area contributed by atoms with Crippen LogP contribution in [-0.2, 0) is 0 Å². The van der Waals surface area contributed by atoms with Gasteiger partial charge in [-0.05, 0) is 65.7 Å². The first-order chi connectivity index (χ1) is 28.2. The van der Waals surface area contributed by atoms with Crippen molar-refractivity contribution in [3.8, 4) is 51.0 Å². The highest BCUT2D eigenvalue weighted by atomic mass is 32.1. The van der Waals surface area contributed by atoms with Gasteiger partial charge in [-0.15, -0.1) is 11.3 Å². The zero-order valence-corrected chi connectivity index (χ0v) is 31.2. The highest BCUT2D eigenvalue weighted by molar-refractivity contribution is 7.25. The number of nitrogens with zero attached hydrogens (tertiary/aromatic N) is 4. The number of furan rings is 1. The predicted octanol–water partition coefficient (Wildman–Crippen LogP) is 13.9. The van der Waals surface area contributed by atoms with Gasteiger partial charge in [-0.3, -0.25) is 0 Å². The summed E-state index contributed by atoms with van der Waals surface area (Å²) in [7, 11) is 0. The van der Waals surface area contributed by atoms with Gasteiger partial charge in [-0.2, -0.15) is 0 Å². The van der Waals surface area contributed by atoms with Crippen LogP contribution in [-0.4, -0.2) is 19.5 Å². The molecule has 0 aliphatic rings. The molecule has 266 valence electrons. The number of rotatable bonds is 5. The van der Waals surface area contributed by atoms with Crippen LogP contribution >= 0.6 is 11.3 Å². The van der Waals surface area contributed by atoms with Gasteiger partial charge in [0.1, 0.15) is 11.2 Å². The number of hydrogen-bond donors (Lipinski definition) is 0. The van der Waals surface area contributed by atoms with E-state index in [1.165, 1.54) is 42.0 Å². The molecule has 6 heteroatoms. The summed E-state index contributed by atoms with van der Waals surface area (Å²) < 4.78 is 11.4. The molecule has 0 aliphatic carbocycles. The van der Waals surface area contributed by atoms with Crippen molar-refractivity contribution >= 4 is 75.3 Å². The van der Waals surface area contributed by atoms with Crippen molar-refractivity contribution in [2.24, 2.45) is 0 Å². The summed E-state index contributed by atoms with van der Waals surface area (Å²) in [6, 6.07) is 63.8. The van der Waals surface area contributed by atoms with E-state index in [1.54, 1.807) is 0 Å². The van der Waals surface area contributed by atoms with Gasteiger partial charge < -0.3 is 8.98 Å². The van der Waals surface area contributed by atoms with E-state index in [0.29, 0.717) is 17.5 Å². The zero-order valence-electron chi connectivity index (χ0n) is 30.4. The summed E-state index contributed by atoms with van der Waals surface area (Å²) in [4.78, 5) is 14.9. The van der Waals surface area contributed by atoms with Gasteiger partial charge in [-0.1, -0.05) is 127 Å². The van der Waals surface area contributed by atoms with Crippen LogP contribution < -0.4 is 0 Å². The SMILES string of the molecule is c1ccc(-c2nc(-c3ccccc3)nc(-c3ccc4sc5cc(-c6cccc7oc8cccc(-n9c%10ccccc%10c%10ccccc%109)c8c67)ccc5c4c3)n2)cc1. The Labute approximate surface area is 330 Å². The van der Waals surface area contributed by atoms with E-state index in [0.717, 1.165) is 55.4 Å². The van der Waals surface area contributed by atoms with Crippen LogP contribution in [0.1, 0.15) is 0 Å². The van der Waals surface area contributed by atoms with E-state index in [-0.39, 0.29) is 0 Å². The van der Waals surface area contributed by atoms with Crippen molar-refractivity contribution in [3.05, 3.63) is 182 Å². The van der Waals surface area contributed by atoms with E-state index in [4.69, 9.17) is 19.4 Å². The highest BCUT2D eigenvalue weighted by Crippen LogP contribution is 2.44. The summed E-state index contributed by atoms with van der Waals surface area (Å²) in [5.41, 5.74) is 10.4. The third-order valence-corrected chi connectivity index (χ3v) is 12.2. The van der Waals surface area contributed by atoms with Crippen molar-refractivity contribution in [2.45, 2.75) is 0 Å². The van der Waals surface area contributed by atoms with Crippen LogP contribution in [0.4, 0.5) is 0 Å². The lowest BCUT2D eigenvalue weighted by Gasteiger charge is -2.11. The number of benzene rings is 8. The van der Waals surface area contributed by atoms with Crippen molar-refractivity contribution < 1.29 is 4.42 Å². The summed E-state index contributed by atoms with van der Waals surface area (Å²) >= 11 is 1.81. The Hall–Kier alpha value is -7.41. The molecule has 12 rings (SSSR count). The Bertz CT molecular complexity index is 3420. The maximum atomic E-state index is 6.61. The number of aromatic nitrogens is 4. The molecule has 0 bridgehead atoms. The molecule has 0 atom stereocenters. The molecule has 12 aromatic rings. The second-order valence-electron chi connectivity index (χ2n) is 14.4. The lowest BCUT2D eigenvalue weighted by Crippen LogP contribution is -2.00. The molecule has 0 radical (unpaired) electrons. The lowest BCUT2D eigenvalue weighted by atomic mass is 9.97. The molecule has 0 unspecified atom stereocenters. The first-order valence-corrected chi connectivity index (χ1v) is 19.8. The van der Waals surface area contributed by atoms with Crippen molar-refractivity contribution in [1.82, 2.24) is 19.5 Å². The average molecular weight is 747 g/mol. The van der Waals surface area contributed by atoms with Crippen molar-refractivity contribution in [1.29, 1.82) is 0 Å². The smallest absolute Gasteiger partial charge is 0.164 e. The van der Waals surface area contributed by atoms with E-state index in [2.05, 4.69) is 126 Å². The molecule has 5 nitrogen and oxygen atoms in total. The van der Waals surface area contributed by atoms with E-state index < -0.39 is 0 Å². The summed E-state index contributed by atoms with van der Waals surface area (Å²) in [5.74, 6) is 1.96. The fourth-order valence-electron chi connectivity index (χ4n) is 8.48. The van der Waals surface area contributed by atoms with E-state index in [1.807, 2.05) is 72.0 Å². The Morgan fingerprint density at radius 1 is 0.386 bits per heavy atom. The van der Waals surface area contributed by atoms with Crippen LogP contribution in [0.5, 0.6) is 0 Å². The minimum Gasteiger partial charge on any atom is -0.456 e. The normalized spacial score (nSPS) is 11.9. The highest BCUT2D eigenvalue weighted by Gasteiger charge is 2.21. The van der Waals surface area contributed by atoms with Gasteiger partial charge in [0.05, 0.1) is 22.1 Å². The number of fused-ring (bicyclic) bond motifs is 9. The Kier molecular flexibility index (Phi) is 7.03. The molecule has 4 heterocycles. The fourth-order valence-corrected chi connectivity index (χ4v) is 9.60. The summed E-state index contributed by atoms with van der Waals surface area (Å²) in [6.07, 6.45) is 0. The van der Waals surface area contributed by atoms with Crippen LogP contribution in [0.2, 0.25) is 0 Å². The zero-order chi connectivity index (χ0) is 37.5. The van der Waals surface area contributed by atoms with Crippen molar-refractivity contribution in [2.75, 3.05) is 0 Å². The molecule has 4 aromatic heterocycles. The predicted molar refractivity (Wildman–Crippen MR) is 236 cm³/mol. The maximum Gasteiger partial charge on any atom is 0.164 e. The third-order valence-electron chi connectivity index (χ3n) is 11.1. The maximum absolute atomic E-state index is 6.61. The summed E-state index contributed by atoms with van der Waals surface area (Å²) in [5, 5.41) is 7.09. The molecule has 0 spiro atoms.